The number of hydrogen-bond acceptors (Lipinski definition) is 5. The number of nitrogens with one attached hydrogen (secondary N) is 2. The van der Waals surface area contributed by atoms with Crippen molar-refractivity contribution >= 4 is 33.4 Å². The van der Waals surface area contributed by atoms with Gasteiger partial charge in [-0.15, -0.1) is 0 Å². The lowest BCUT2D eigenvalue weighted by Gasteiger charge is -2.08. The van der Waals surface area contributed by atoms with E-state index in [9.17, 15) is 9.59 Å². The Balaban J connectivity index is 0.000000234. The molecule has 66 heavy (non-hydrogen) atoms. The fourth-order valence-electron chi connectivity index (χ4n) is 7.35. The van der Waals surface area contributed by atoms with E-state index in [0.717, 1.165) is 41.8 Å². The van der Waals surface area contributed by atoms with Gasteiger partial charge in [0.05, 0.1) is 46.1 Å². The summed E-state index contributed by atoms with van der Waals surface area (Å²) in [5.74, 6) is -0.135. The molecule has 8 aromatic rings. The predicted octanol–water partition coefficient (Wildman–Crippen LogP) is 6.24. The van der Waals surface area contributed by atoms with E-state index in [1.165, 1.54) is 21.5 Å². The van der Waals surface area contributed by atoms with Gasteiger partial charge >= 0.3 is 0 Å². The highest BCUT2D eigenvalue weighted by Crippen LogP contribution is 2.18. The minimum Gasteiger partial charge on any atom is -0.377 e. The summed E-state index contributed by atoms with van der Waals surface area (Å²) in [5.41, 5.74) is 4.51. The van der Waals surface area contributed by atoms with Crippen LogP contribution in [-0.2, 0) is 50.0 Å². The number of benzene rings is 4. The van der Waals surface area contributed by atoms with Gasteiger partial charge in [0, 0.05) is 60.3 Å². The summed E-state index contributed by atoms with van der Waals surface area (Å²) in [5, 5.41) is 10.9. The quantitative estimate of drug-likeness (QED) is 0.0621. The Hall–Kier alpha value is -7.18. The molecule has 0 aliphatic heterocycles. The number of carbonyl (C=O) groups is 2. The maximum atomic E-state index is 12.2. The third kappa shape index (κ3) is 15.5. The van der Waals surface area contributed by atoms with Crippen molar-refractivity contribution < 1.29 is 42.1 Å². The van der Waals surface area contributed by atoms with Crippen molar-refractivity contribution in [2.45, 2.75) is 32.6 Å². The van der Waals surface area contributed by atoms with E-state index in [-0.39, 0.29) is 24.9 Å². The maximum Gasteiger partial charge on any atom is 0.286 e. The Morgan fingerprint density at radius 1 is 0.364 bits per heavy atom. The van der Waals surface area contributed by atoms with Crippen molar-refractivity contribution in [3.8, 4) is 22.3 Å². The highest BCUT2D eigenvalue weighted by Gasteiger charge is 2.11. The Labute approximate surface area is 387 Å². The second-order valence-electron chi connectivity index (χ2n) is 15.8. The van der Waals surface area contributed by atoms with E-state index in [2.05, 4.69) is 129 Å². The number of pyridine rings is 4. The van der Waals surface area contributed by atoms with E-state index in [4.69, 9.17) is 14.2 Å². The maximum absolute atomic E-state index is 12.2. The molecule has 8 rings (SSSR count). The summed E-state index contributed by atoms with van der Waals surface area (Å²) in [6.07, 6.45) is 17.6. The molecule has 0 unspecified atom stereocenters. The smallest absolute Gasteiger partial charge is 0.286 e. The first-order valence-electron chi connectivity index (χ1n) is 22.7. The van der Waals surface area contributed by atoms with Gasteiger partial charge in [-0.05, 0) is 45.2 Å². The number of hydrogen-bond donors (Lipinski definition) is 2. The summed E-state index contributed by atoms with van der Waals surface area (Å²) >= 11 is 0. The van der Waals surface area contributed by atoms with Crippen molar-refractivity contribution in [1.82, 2.24) is 10.6 Å². The summed E-state index contributed by atoms with van der Waals surface area (Å²) < 4.78 is 24.8. The first-order chi connectivity index (χ1) is 32.6. The lowest BCUT2D eigenvalue weighted by molar-refractivity contribution is -0.725. The van der Waals surface area contributed by atoms with Crippen LogP contribution in [0.2, 0.25) is 0 Å². The Bertz CT molecular complexity index is 2520. The SMILES string of the molecule is O=C(C[n+]1ccc(-c2ccccc2)cc1)NCCOCCOCCOCCNC(=O)C[n+]1ccc(-c2ccccc2)cc1.c1ccc2c[n+](CCC[n+]3ccc4ccccc4c3)ccc2c1. The van der Waals surface area contributed by atoms with Gasteiger partial charge in [0.25, 0.3) is 11.8 Å². The molecule has 0 fully saturated rings. The van der Waals surface area contributed by atoms with Crippen LogP contribution in [0.1, 0.15) is 6.42 Å². The third-order valence-corrected chi connectivity index (χ3v) is 10.9. The Kier molecular flexibility index (Phi) is 18.4. The van der Waals surface area contributed by atoms with Crippen molar-refractivity contribution in [1.29, 1.82) is 0 Å². The molecular formula is C55H60N6O5+4. The van der Waals surface area contributed by atoms with Crippen LogP contribution in [0.5, 0.6) is 0 Å². The normalized spacial score (nSPS) is 10.9. The highest BCUT2D eigenvalue weighted by molar-refractivity contribution is 5.81. The zero-order chi connectivity index (χ0) is 45.4. The largest absolute Gasteiger partial charge is 0.377 e. The van der Waals surface area contributed by atoms with E-state index in [1.54, 1.807) is 0 Å². The molecule has 11 nitrogen and oxygen atoms in total. The molecule has 0 aliphatic carbocycles. The Morgan fingerprint density at radius 3 is 1.11 bits per heavy atom. The van der Waals surface area contributed by atoms with Gasteiger partial charge in [-0.2, -0.15) is 9.13 Å². The molecule has 4 aromatic carbocycles. The van der Waals surface area contributed by atoms with Gasteiger partial charge in [-0.1, -0.05) is 97.1 Å². The number of fused-ring (bicyclic) bond motifs is 2. The minimum atomic E-state index is -0.0677. The monoisotopic (exact) mass is 884 g/mol. The second-order valence-corrected chi connectivity index (χ2v) is 15.8. The summed E-state index contributed by atoms with van der Waals surface area (Å²) in [4.78, 5) is 24.3. The van der Waals surface area contributed by atoms with Gasteiger partial charge in [0.15, 0.2) is 62.7 Å². The average molecular weight is 885 g/mol. The lowest BCUT2D eigenvalue weighted by Crippen LogP contribution is -2.43. The zero-order valence-corrected chi connectivity index (χ0v) is 37.5. The number of aromatic nitrogens is 4. The van der Waals surface area contributed by atoms with Crippen LogP contribution in [0, 0.1) is 0 Å². The molecule has 2 amide bonds. The average Bonchev–Trinajstić information content (AvgIpc) is 3.36. The van der Waals surface area contributed by atoms with Crippen molar-refractivity contribution in [2.24, 2.45) is 0 Å². The minimum absolute atomic E-state index is 0.0677. The molecule has 0 radical (unpaired) electrons. The number of amides is 2. The first kappa shape index (κ1) is 46.8. The van der Waals surface area contributed by atoms with E-state index in [1.807, 2.05) is 94.6 Å². The van der Waals surface area contributed by atoms with Gasteiger partial charge in [-0.25, -0.2) is 9.13 Å². The molecule has 4 heterocycles. The van der Waals surface area contributed by atoms with Crippen LogP contribution >= 0.6 is 0 Å². The summed E-state index contributed by atoms with van der Waals surface area (Å²) in [6.45, 7) is 6.04. The fourth-order valence-corrected chi connectivity index (χ4v) is 7.35. The van der Waals surface area contributed by atoms with Gasteiger partial charge in [0.1, 0.15) is 0 Å². The molecule has 0 atom stereocenters. The number of aryl methyl sites for hydroxylation is 2. The molecule has 2 N–H and O–H groups in total. The molecule has 0 saturated heterocycles. The molecule has 0 aliphatic rings. The van der Waals surface area contributed by atoms with Crippen LogP contribution in [0.3, 0.4) is 0 Å². The number of nitrogens with zero attached hydrogens (tertiary/aromatic N) is 4. The molecular weight excluding hydrogens is 825 g/mol. The summed E-state index contributed by atoms with van der Waals surface area (Å²) in [6, 6.07) is 49.7. The topological polar surface area (TPSA) is 101 Å². The van der Waals surface area contributed by atoms with Crippen molar-refractivity contribution in [2.75, 3.05) is 52.7 Å². The molecule has 0 bridgehead atoms. The number of rotatable bonds is 22. The van der Waals surface area contributed by atoms with Crippen molar-refractivity contribution in [3.63, 3.8) is 0 Å². The molecule has 0 saturated carbocycles. The number of carbonyl (C=O) groups excluding carboxylic acids is 2. The third-order valence-electron chi connectivity index (χ3n) is 10.9. The Morgan fingerprint density at radius 2 is 0.697 bits per heavy atom. The van der Waals surface area contributed by atoms with Gasteiger partial charge < -0.3 is 24.8 Å². The molecule has 336 valence electrons. The predicted molar refractivity (Wildman–Crippen MR) is 256 cm³/mol. The van der Waals surface area contributed by atoms with E-state index < -0.39 is 0 Å². The molecule has 0 spiro atoms. The van der Waals surface area contributed by atoms with Crippen molar-refractivity contribution in [3.05, 3.63) is 195 Å². The van der Waals surface area contributed by atoms with E-state index in [0.29, 0.717) is 52.7 Å². The molecule has 4 aromatic heterocycles. The summed E-state index contributed by atoms with van der Waals surface area (Å²) in [7, 11) is 0. The molecule has 11 heteroatoms. The standard InChI is InChI=1S/C34H38N4O5.C21H20N2/c39-33(27-37-17-11-31(12-18-37)29-7-3-1-4-8-29)35-15-21-41-23-25-43-26-24-42-22-16-36-34(40)28-38-19-13-32(14-20-38)30-9-5-2-6-10-30;1-3-8-20-16-22(14-10-18(20)6-1)12-5-13-23-15-11-19-7-2-4-9-21(19)17-23/h1-14,17-20H,15-16,21-28H2;1-4,6-11,14-17H,5,12-13H2/q;+2/p+2. The van der Waals surface area contributed by atoms with Gasteiger partial charge in [0.2, 0.25) is 13.1 Å². The lowest BCUT2D eigenvalue weighted by atomic mass is 10.1. The van der Waals surface area contributed by atoms with Crippen LogP contribution < -0.4 is 28.9 Å². The van der Waals surface area contributed by atoms with Crippen LogP contribution in [0.4, 0.5) is 0 Å². The van der Waals surface area contributed by atoms with Crippen LogP contribution in [0.15, 0.2) is 195 Å². The zero-order valence-electron chi connectivity index (χ0n) is 37.5. The van der Waals surface area contributed by atoms with Crippen LogP contribution in [0.25, 0.3) is 43.8 Å². The fraction of sp³-hybridized carbons (Fsp3) is 0.236. The first-order valence-corrected chi connectivity index (χ1v) is 22.7. The van der Waals surface area contributed by atoms with Gasteiger partial charge in [-0.3, -0.25) is 9.59 Å². The second kappa shape index (κ2) is 25.9. The highest BCUT2D eigenvalue weighted by atomic mass is 16.5. The number of ether oxygens (including phenoxy) is 3. The van der Waals surface area contributed by atoms with E-state index >= 15 is 0 Å². The van der Waals surface area contributed by atoms with Crippen LogP contribution in [-0.4, -0.2) is 64.5 Å².